The standard InChI is InChI=1S/C11H15N3O4/c1-2-12-7(15)3-6-14-9(17)11(4-5-11)8(16)13-10(14)18/h2-6H2,1H3,(H,12,15)(H,13,16,18). The zero-order valence-electron chi connectivity index (χ0n) is 10.1. The van der Waals surface area contributed by atoms with Crippen LogP contribution in [0.4, 0.5) is 4.79 Å². The number of imide groups is 2. The number of nitrogens with one attached hydrogen (secondary N) is 2. The van der Waals surface area contributed by atoms with Gasteiger partial charge in [0.25, 0.3) is 0 Å². The third kappa shape index (κ3) is 1.96. The number of nitrogens with zero attached hydrogens (tertiary/aromatic N) is 1. The molecule has 0 radical (unpaired) electrons. The predicted octanol–water partition coefficient (Wildman–Crippen LogP) is -0.629. The lowest BCUT2D eigenvalue weighted by molar-refractivity contribution is -0.144. The molecule has 2 N–H and O–H groups in total. The van der Waals surface area contributed by atoms with E-state index in [9.17, 15) is 19.2 Å². The van der Waals surface area contributed by atoms with Crippen molar-refractivity contribution in [1.29, 1.82) is 0 Å². The minimum Gasteiger partial charge on any atom is -0.356 e. The Kier molecular flexibility index (Phi) is 3.06. The van der Waals surface area contributed by atoms with Gasteiger partial charge >= 0.3 is 6.03 Å². The normalized spacial score (nSPS) is 20.9. The SMILES string of the molecule is CCNC(=O)CCN1C(=O)NC(=O)C2(CC2)C1=O. The highest BCUT2D eigenvalue weighted by molar-refractivity contribution is 6.20. The molecular weight excluding hydrogens is 238 g/mol. The number of barbiturate groups is 1. The summed E-state index contributed by atoms with van der Waals surface area (Å²) in [6, 6.07) is -0.730. The molecule has 1 saturated carbocycles. The van der Waals surface area contributed by atoms with Crippen LogP contribution in [0.25, 0.3) is 0 Å². The molecule has 98 valence electrons. The van der Waals surface area contributed by atoms with Crippen LogP contribution >= 0.6 is 0 Å². The van der Waals surface area contributed by atoms with Crippen molar-refractivity contribution in [2.75, 3.05) is 13.1 Å². The summed E-state index contributed by atoms with van der Waals surface area (Å²) in [6.45, 7) is 2.29. The van der Waals surface area contributed by atoms with Gasteiger partial charge in [0.15, 0.2) is 0 Å². The van der Waals surface area contributed by atoms with Gasteiger partial charge in [0.1, 0.15) is 5.41 Å². The Morgan fingerprint density at radius 1 is 1.39 bits per heavy atom. The molecule has 2 rings (SSSR count). The number of carbonyl (C=O) groups is 4. The van der Waals surface area contributed by atoms with Crippen LogP contribution < -0.4 is 10.6 Å². The Labute approximate surface area is 104 Å². The molecule has 5 amide bonds. The largest absolute Gasteiger partial charge is 0.356 e. The third-order valence-corrected chi connectivity index (χ3v) is 3.24. The zero-order chi connectivity index (χ0) is 13.3. The summed E-state index contributed by atoms with van der Waals surface area (Å²) in [4.78, 5) is 47.3. The summed E-state index contributed by atoms with van der Waals surface area (Å²) >= 11 is 0. The minimum absolute atomic E-state index is 0.00549. The first kappa shape index (κ1) is 12.5. The lowest BCUT2D eigenvalue weighted by Crippen LogP contribution is -2.59. The highest BCUT2D eigenvalue weighted by atomic mass is 16.2. The molecule has 0 unspecified atom stereocenters. The van der Waals surface area contributed by atoms with Crippen LogP contribution in [0.5, 0.6) is 0 Å². The van der Waals surface area contributed by atoms with E-state index in [1.54, 1.807) is 6.92 Å². The van der Waals surface area contributed by atoms with Crippen LogP contribution in [0.3, 0.4) is 0 Å². The van der Waals surface area contributed by atoms with Gasteiger partial charge in [-0.05, 0) is 19.8 Å². The number of hydrogen-bond donors (Lipinski definition) is 2. The molecule has 1 spiro atoms. The van der Waals surface area contributed by atoms with Crippen molar-refractivity contribution in [3.05, 3.63) is 0 Å². The van der Waals surface area contributed by atoms with E-state index >= 15 is 0 Å². The molecule has 0 aromatic rings. The molecule has 2 fully saturated rings. The Morgan fingerprint density at radius 3 is 2.61 bits per heavy atom. The maximum Gasteiger partial charge on any atom is 0.330 e. The summed E-state index contributed by atoms with van der Waals surface area (Å²) in [7, 11) is 0. The molecule has 7 heteroatoms. The van der Waals surface area contributed by atoms with Crippen molar-refractivity contribution in [3.63, 3.8) is 0 Å². The molecular formula is C11H15N3O4. The highest BCUT2D eigenvalue weighted by Crippen LogP contribution is 2.48. The second-order valence-electron chi connectivity index (χ2n) is 4.50. The van der Waals surface area contributed by atoms with Crippen molar-refractivity contribution in [3.8, 4) is 0 Å². The van der Waals surface area contributed by atoms with Gasteiger partial charge in [0.05, 0.1) is 0 Å². The zero-order valence-corrected chi connectivity index (χ0v) is 10.1. The number of urea groups is 1. The van der Waals surface area contributed by atoms with Gasteiger partial charge in [-0.2, -0.15) is 0 Å². The van der Waals surface area contributed by atoms with E-state index < -0.39 is 23.3 Å². The van der Waals surface area contributed by atoms with Gasteiger partial charge in [0.2, 0.25) is 17.7 Å². The summed E-state index contributed by atoms with van der Waals surface area (Å²) in [5.41, 5.74) is -1.03. The summed E-state index contributed by atoms with van der Waals surface area (Å²) < 4.78 is 0. The van der Waals surface area contributed by atoms with Crippen molar-refractivity contribution >= 4 is 23.8 Å². The maximum atomic E-state index is 12.0. The van der Waals surface area contributed by atoms with Crippen LogP contribution in [-0.2, 0) is 14.4 Å². The van der Waals surface area contributed by atoms with Crippen molar-refractivity contribution < 1.29 is 19.2 Å². The van der Waals surface area contributed by atoms with E-state index in [4.69, 9.17) is 0 Å². The average molecular weight is 253 g/mol. The predicted molar refractivity (Wildman–Crippen MR) is 60.2 cm³/mol. The molecule has 18 heavy (non-hydrogen) atoms. The van der Waals surface area contributed by atoms with Gasteiger partial charge in [-0.25, -0.2) is 4.79 Å². The smallest absolute Gasteiger partial charge is 0.330 e. The van der Waals surface area contributed by atoms with E-state index in [-0.39, 0.29) is 18.9 Å². The topological polar surface area (TPSA) is 95.6 Å². The van der Waals surface area contributed by atoms with Crippen LogP contribution in [0.15, 0.2) is 0 Å². The molecule has 0 aromatic carbocycles. The molecule has 1 heterocycles. The fourth-order valence-electron chi connectivity index (χ4n) is 2.00. The molecule has 0 bridgehead atoms. The number of hydrogen-bond acceptors (Lipinski definition) is 4. The molecule has 2 aliphatic rings. The molecule has 7 nitrogen and oxygen atoms in total. The van der Waals surface area contributed by atoms with Crippen molar-refractivity contribution in [1.82, 2.24) is 15.5 Å². The van der Waals surface area contributed by atoms with Crippen LogP contribution in [0, 0.1) is 5.41 Å². The Morgan fingerprint density at radius 2 is 2.06 bits per heavy atom. The highest BCUT2D eigenvalue weighted by Gasteiger charge is 2.62. The van der Waals surface area contributed by atoms with Crippen LogP contribution in [-0.4, -0.2) is 41.7 Å². The Bertz CT molecular complexity index is 428. The second-order valence-corrected chi connectivity index (χ2v) is 4.50. The number of carbonyl (C=O) groups excluding carboxylic acids is 4. The number of rotatable bonds is 4. The first-order chi connectivity index (χ1) is 8.51. The van der Waals surface area contributed by atoms with Gasteiger partial charge in [0, 0.05) is 19.5 Å². The molecule has 0 aromatic heterocycles. The van der Waals surface area contributed by atoms with Crippen LogP contribution in [0.2, 0.25) is 0 Å². The number of amides is 5. The summed E-state index contributed by atoms with van der Waals surface area (Å²) in [5, 5.41) is 4.75. The first-order valence-electron chi connectivity index (χ1n) is 5.95. The summed E-state index contributed by atoms with van der Waals surface area (Å²) in [5.74, 6) is -1.20. The van der Waals surface area contributed by atoms with E-state index in [1.807, 2.05) is 0 Å². The van der Waals surface area contributed by atoms with Crippen molar-refractivity contribution in [2.24, 2.45) is 5.41 Å². The van der Waals surface area contributed by atoms with Gasteiger partial charge in [-0.1, -0.05) is 0 Å². The molecule has 1 aliphatic heterocycles. The lowest BCUT2D eigenvalue weighted by atomic mass is 10.0. The fraction of sp³-hybridized carbons (Fsp3) is 0.636. The third-order valence-electron chi connectivity index (χ3n) is 3.24. The fourth-order valence-corrected chi connectivity index (χ4v) is 2.00. The molecule has 1 aliphatic carbocycles. The lowest BCUT2D eigenvalue weighted by Gasteiger charge is -2.29. The maximum absolute atomic E-state index is 12.0. The monoisotopic (exact) mass is 253 g/mol. The Hall–Kier alpha value is -1.92. The van der Waals surface area contributed by atoms with E-state index in [2.05, 4.69) is 10.6 Å². The first-order valence-corrected chi connectivity index (χ1v) is 5.95. The van der Waals surface area contributed by atoms with E-state index in [1.165, 1.54) is 0 Å². The van der Waals surface area contributed by atoms with E-state index in [0.717, 1.165) is 4.90 Å². The average Bonchev–Trinajstić information content (AvgIpc) is 3.08. The molecule has 1 saturated heterocycles. The minimum atomic E-state index is -1.03. The quantitative estimate of drug-likeness (QED) is 0.652. The van der Waals surface area contributed by atoms with Crippen LogP contribution in [0.1, 0.15) is 26.2 Å². The Balaban J connectivity index is 1.99. The second kappa shape index (κ2) is 4.40. The van der Waals surface area contributed by atoms with Gasteiger partial charge < -0.3 is 5.32 Å². The molecule has 0 atom stereocenters. The van der Waals surface area contributed by atoms with Crippen molar-refractivity contribution in [2.45, 2.75) is 26.2 Å². The van der Waals surface area contributed by atoms with Gasteiger partial charge in [-0.3, -0.25) is 24.6 Å². The van der Waals surface area contributed by atoms with Gasteiger partial charge in [-0.15, -0.1) is 0 Å². The van der Waals surface area contributed by atoms with E-state index in [0.29, 0.717) is 19.4 Å². The summed E-state index contributed by atoms with van der Waals surface area (Å²) in [6.07, 6.45) is 1.00.